The van der Waals surface area contributed by atoms with Crippen molar-refractivity contribution in [2.45, 2.75) is 25.9 Å². The van der Waals surface area contributed by atoms with Crippen LogP contribution in [-0.4, -0.2) is 36.7 Å². The summed E-state index contributed by atoms with van der Waals surface area (Å²) in [4.78, 5) is 12.9. The summed E-state index contributed by atoms with van der Waals surface area (Å²) in [5.41, 5.74) is 5.37. The number of carbonyl (C=O) groups excluding carboxylic acids is 1. The van der Waals surface area contributed by atoms with E-state index in [2.05, 4.69) is 0 Å². The third kappa shape index (κ3) is 2.11. The molecule has 1 rings (SSSR count). The van der Waals surface area contributed by atoms with Gasteiger partial charge in [0, 0.05) is 19.5 Å². The van der Waals surface area contributed by atoms with Crippen molar-refractivity contribution >= 4 is 6.09 Å². The maximum atomic E-state index is 11.2. The van der Waals surface area contributed by atoms with E-state index in [1.807, 2.05) is 6.92 Å². The fraction of sp³-hybridized carbons (Fsp3) is 0.875. The van der Waals surface area contributed by atoms with Crippen molar-refractivity contribution in [1.29, 1.82) is 0 Å². The summed E-state index contributed by atoms with van der Waals surface area (Å²) in [5, 5.41) is 0. The minimum Gasteiger partial charge on any atom is -0.446 e. The highest BCUT2D eigenvalue weighted by atomic mass is 16.6. The van der Waals surface area contributed by atoms with Crippen LogP contribution in [0.5, 0.6) is 0 Å². The molecule has 4 nitrogen and oxygen atoms in total. The highest BCUT2D eigenvalue weighted by molar-refractivity contribution is 5.68. The topological polar surface area (TPSA) is 55.6 Å². The molecule has 1 heterocycles. The lowest BCUT2D eigenvalue weighted by Crippen LogP contribution is -2.42. The summed E-state index contributed by atoms with van der Waals surface area (Å²) >= 11 is 0. The van der Waals surface area contributed by atoms with Crippen LogP contribution in [0.25, 0.3) is 0 Å². The Hall–Kier alpha value is -0.770. The molecule has 0 aromatic carbocycles. The highest BCUT2D eigenvalue weighted by Gasteiger charge is 2.24. The zero-order chi connectivity index (χ0) is 8.97. The Morgan fingerprint density at radius 1 is 1.75 bits per heavy atom. The zero-order valence-corrected chi connectivity index (χ0v) is 7.45. The third-order valence-corrected chi connectivity index (χ3v) is 2.12. The number of rotatable bonds is 3. The first-order chi connectivity index (χ1) is 5.77. The molecular formula is C8H16N2O2. The number of ether oxygens (including phenoxy) is 1. The van der Waals surface area contributed by atoms with E-state index in [0.717, 1.165) is 25.9 Å². The lowest BCUT2D eigenvalue weighted by molar-refractivity contribution is 0.0243. The van der Waals surface area contributed by atoms with Gasteiger partial charge in [0.05, 0.1) is 0 Å². The van der Waals surface area contributed by atoms with E-state index in [-0.39, 0.29) is 12.2 Å². The van der Waals surface area contributed by atoms with Gasteiger partial charge < -0.3 is 15.4 Å². The first-order valence-electron chi connectivity index (χ1n) is 4.43. The fourth-order valence-electron chi connectivity index (χ4n) is 1.34. The van der Waals surface area contributed by atoms with Crippen LogP contribution in [0.4, 0.5) is 4.79 Å². The molecule has 1 fully saturated rings. The molecule has 0 spiro atoms. The van der Waals surface area contributed by atoms with Crippen LogP contribution in [0.2, 0.25) is 0 Å². The summed E-state index contributed by atoms with van der Waals surface area (Å²) in [6.45, 7) is 4.07. The normalized spacial score (nSPS) is 24.0. The second kappa shape index (κ2) is 4.30. The lowest BCUT2D eigenvalue weighted by Gasteiger charge is -2.30. The van der Waals surface area contributed by atoms with Gasteiger partial charge in [-0.2, -0.15) is 0 Å². The van der Waals surface area contributed by atoms with E-state index in [1.165, 1.54) is 0 Å². The summed E-state index contributed by atoms with van der Waals surface area (Å²) in [6.07, 6.45) is 1.55. The van der Waals surface area contributed by atoms with E-state index in [0.29, 0.717) is 6.54 Å². The molecule has 1 unspecified atom stereocenters. The van der Waals surface area contributed by atoms with Crippen molar-refractivity contribution in [3.05, 3.63) is 0 Å². The molecule has 4 heteroatoms. The number of hydrogen-bond donors (Lipinski definition) is 1. The maximum Gasteiger partial charge on any atom is 0.410 e. The van der Waals surface area contributed by atoms with Gasteiger partial charge in [-0.1, -0.05) is 0 Å². The molecule has 0 aromatic heterocycles. The molecule has 0 aromatic rings. The van der Waals surface area contributed by atoms with E-state index in [1.54, 1.807) is 4.90 Å². The molecule has 70 valence electrons. The van der Waals surface area contributed by atoms with Gasteiger partial charge in [0.15, 0.2) is 0 Å². The number of nitrogens with two attached hydrogens (primary N) is 1. The first kappa shape index (κ1) is 9.32. The Morgan fingerprint density at radius 2 is 2.50 bits per heavy atom. The molecule has 0 radical (unpaired) electrons. The predicted octanol–water partition coefficient (Wildman–Crippen LogP) is 0.566. The zero-order valence-electron chi connectivity index (χ0n) is 7.45. The van der Waals surface area contributed by atoms with Crippen molar-refractivity contribution in [2.24, 2.45) is 5.73 Å². The van der Waals surface area contributed by atoms with Gasteiger partial charge in [-0.15, -0.1) is 0 Å². The molecule has 0 bridgehead atoms. The Labute approximate surface area is 72.7 Å². The monoisotopic (exact) mass is 172 g/mol. The van der Waals surface area contributed by atoms with Gasteiger partial charge in [-0.05, 0) is 19.9 Å². The SMILES string of the molecule is CCN1CCC(CCN)OC1=O. The summed E-state index contributed by atoms with van der Waals surface area (Å²) in [7, 11) is 0. The van der Waals surface area contributed by atoms with Crippen LogP contribution in [0, 0.1) is 0 Å². The van der Waals surface area contributed by atoms with Crippen LogP contribution in [0.1, 0.15) is 19.8 Å². The second-order valence-electron chi connectivity index (χ2n) is 2.95. The van der Waals surface area contributed by atoms with E-state index < -0.39 is 0 Å². The van der Waals surface area contributed by atoms with Crippen molar-refractivity contribution in [2.75, 3.05) is 19.6 Å². The smallest absolute Gasteiger partial charge is 0.410 e. The highest BCUT2D eigenvalue weighted by Crippen LogP contribution is 2.13. The lowest BCUT2D eigenvalue weighted by atomic mass is 10.1. The molecule has 1 amide bonds. The Balaban J connectivity index is 2.35. The summed E-state index contributed by atoms with van der Waals surface area (Å²) < 4.78 is 5.14. The number of cyclic esters (lactones) is 1. The van der Waals surface area contributed by atoms with Crippen LogP contribution >= 0.6 is 0 Å². The third-order valence-electron chi connectivity index (χ3n) is 2.12. The number of carbonyl (C=O) groups is 1. The van der Waals surface area contributed by atoms with Crippen molar-refractivity contribution in [1.82, 2.24) is 4.90 Å². The van der Waals surface area contributed by atoms with Gasteiger partial charge in [0.2, 0.25) is 0 Å². The molecule has 1 aliphatic heterocycles. The van der Waals surface area contributed by atoms with Crippen molar-refractivity contribution in [3.8, 4) is 0 Å². The minimum absolute atomic E-state index is 0.0466. The molecule has 12 heavy (non-hydrogen) atoms. The van der Waals surface area contributed by atoms with Gasteiger partial charge in [0.25, 0.3) is 0 Å². The standard InChI is InChI=1S/C8H16N2O2/c1-2-10-6-4-7(3-5-9)12-8(10)11/h7H,2-6,9H2,1H3. The van der Waals surface area contributed by atoms with E-state index in [4.69, 9.17) is 10.5 Å². The first-order valence-corrected chi connectivity index (χ1v) is 4.43. The molecule has 2 N–H and O–H groups in total. The Morgan fingerprint density at radius 3 is 3.00 bits per heavy atom. The number of hydrogen-bond acceptors (Lipinski definition) is 3. The summed E-state index contributed by atoms with van der Waals surface area (Å²) in [5.74, 6) is 0. The largest absolute Gasteiger partial charge is 0.446 e. The number of amides is 1. The van der Waals surface area contributed by atoms with Crippen LogP contribution in [0.15, 0.2) is 0 Å². The fourth-order valence-corrected chi connectivity index (χ4v) is 1.34. The van der Waals surface area contributed by atoms with Crippen LogP contribution in [0.3, 0.4) is 0 Å². The second-order valence-corrected chi connectivity index (χ2v) is 2.95. The average Bonchev–Trinajstić information content (AvgIpc) is 2.05. The van der Waals surface area contributed by atoms with Crippen LogP contribution < -0.4 is 5.73 Å². The van der Waals surface area contributed by atoms with Gasteiger partial charge >= 0.3 is 6.09 Å². The Kier molecular flexibility index (Phi) is 3.34. The van der Waals surface area contributed by atoms with E-state index in [9.17, 15) is 4.79 Å². The molecule has 1 aliphatic rings. The quantitative estimate of drug-likeness (QED) is 0.677. The molecular weight excluding hydrogens is 156 g/mol. The predicted molar refractivity (Wildman–Crippen MR) is 45.8 cm³/mol. The molecule has 1 atom stereocenters. The van der Waals surface area contributed by atoms with Gasteiger partial charge in [-0.25, -0.2) is 4.79 Å². The molecule has 0 saturated carbocycles. The average molecular weight is 172 g/mol. The molecule has 1 saturated heterocycles. The van der Waals surface area contributed by atoms with Crippen molar-refractivity contribution < 1.29 is 9.53 Å². The molecule has 0 aliphatic carbocycles. The van der Waals surface area contributed by atoms with E-state index >= 15 is 0 Å². The maximum absolute atomic E-state index is 11.2. The number of nitrogens with zero attached hydrogens (tertiary/aromatic N) is 1. The summed E-state index contributed by atoms with van der Waals surface area (Å²) in [6, 6.07) is 0. The van der Waals surface area contributed by atoms with Gasteiger partial charge in [0.1, 0.15) is 6.10 Å². The minimum atomic E-state index is -0.192. The van der Waals surface area contributed by atoms with Gasteiger partial charge in [-0.3, -0.25) is 0 Å². The van der Waals surface area contributed by atoms with Crippen LogP contribution in [-0.2, 0) is 4.74 Å². The Bertz CT molecular complexity index is 161. The van der Waals surface area contributed by atoms with Crippen molar-refractivity contribution in [3.63, 3.8) is 0 Å².